The summed E-state index contributed by atoms with van der Waals surface area (Å²) >= 11 is 0. The molecule has 3 rings (SSSR count). The second-order valence-corrected chi connectivity index (χ2v) is 7.88. The highest BCUT2D eigenvalue weighted by atomic mass is 15.2. The van der Waals surface area contributed by atoms with Gasteiger partial charge in [0, 0.05) is 5.54 Å². The molecule has 2 saturated carbocycles. The summed E-state index contributed by atoms with van der Waals surface area (Å²) in [6.45, 7) is 9.55. The Balaban J connectivity index is 1.94. The van der Waals surface area contributed by atoms with E-state index in [0.717, 1.165) is 17.8 Å². The summed E-state index contributed by atoms with van der Waals surface area (Å²) in [5, 5.41) is 0. The third kappa shape index (κ3) is 3.09. The van der Waals surface area contributed by atoms with Crippen LogP contribution in [0.25, 0.3) is 0 Å². The fourth-order valence-corrected chi connectivity index (χ4v) is 6.16. The maximum absolute atomic E-state index is 2.84. The van der Waals surface area contributed by atoms with Gasteiger partial charge in [0.25, 0.3) is 0 Å². The maximum Gasteiger partial charge on any atom is 0.0246 e. The van der Waals surface area contributed by atoms with Gasteiger partial charge in [0.15, 0.2) is 0 Å². The van der Waals surface area contributed by atoms with Gasteiger partial charge in [-0.15, -0.1) is 0 Å². The Labute approximate surface area is 143 Å². The topological polar surface area (TPSA) is 3.24 Å². The van der Waals surface area contributed by atoms with Crippen molar-refractivity contribution in [3.63, 3.8) is 0 Å². The van der Waals surface area contributed by atoms with Gasteiger partial charge in [-0.05, 0) is 62.1 Å². The summed E-state index contributed by atoms with van der Waals surface area (Å²) in [6.07, 6.45) is 9.91. The first-order valence-corrected chi connectivity index (χ1v) is 10.0. The van der Waals surface area contributed by atoms with Crippen molar-refractivity contribution in [2.24, 2.45) is 17.8 Å². The quantitative estimate of drug-likeness (QED) is 0.638. The molecule has 0 bridgehead atoms. The van der Waals surface area contributed by atoms with Crippen LogP contribution in [-0.4, -0.2) is 23.5 Å². The lowest BCUT2D eigenvalue weighted by Gasteiger charge is -2.46. The Morgan fingerprint density at radius 1 is 1.04 bits per heavy atom. The molecule has 0 radical (unpaired) electrons. The molecule has 23 heavy (non-hydrogen) atoms. The van der Waals surface area contributed by atoms with Crippen LogP contribution in [0.3, 0.4) is 0 Å². The van der Waals surface area contributed by atoms with Crippen molar-refractivity contribution < 1.29 is 0 Å². The van der Waals surface area contributed by atoms with Crippen molar-refractivity contribution in [3.8, 4) is 0 Å². The Morgan fingerprint density at radius 3 is 2.43 bits per heavy atom. The van der Waals surface area contributed by atoms with E-state index < -0.39 is 0 Å². The molecule has 0 aliphatic heterocycles. The summed E-state index contributed by atoms with van der Waals surface area (Å²) in [5.74, 6) is 2.83. The van der Waals surface area contributed by atoms with Crippen molar-refractivity contribution in [1.29, 1.82) is 0 Å². The fourth-order valence-electron chi connectivity index (χ4n) is 6.16. The number of rotatable bonds is 7. The van der Waals surface area contributed by atoms with Crippen LogP contribution >= 0.6 is 0 Å². The second kappa shape index (κ2) is 7.38. The zero-order chi connectivity index (χ0) is 16.3. The SMILES string of the molecule is CCC[C@]1(N(CC)CC)C[C@H]2CCC[C@H]2[C@@H]1Cc1ccccc1. The molecule has 1 aromatic rings. The molecule has 2 aliphatic rings. The molecule has 0 heterocycles. The van der Waals surface area contributed by atoms with E-state index in [2.05, 4.69) is 56.0 Å². The molecule has 1 heteroatoms. The highest BCUT2D eigenvalue weighted by Gasteiger charge is 2.55. The molecule has 1 aromatic carbocycles. The monoisotopic (exact) mass is 313 g/mol. The summed E-state index contributed by atoms with van der Waals surface area (Å²) < 4.78 is 0. The van der Waals surface area contributed by atoms with Crippen molar-refractivity contribution in [1.82, 2.24) is 4.90 Å². The minimum absolute atomic E-state index is 0.462. The van der Waals surface area contributed by atoms with Crippen LogP contribution in [0, 0.1) is 17.8 Å². The first-order chi connectivity index (χ1) is 11.2. The lowest BCUT2D eigenvalue weighted by atomic mass is 9.74. The van der Waals surface area contributed by atoms with Gasteiger partial charge in [0.2, 0.25) is 0 Å². The van der Waals surface area contributed by atoms with Crippen LogP contribution < -0.4 is 0 Å². The molecular formula is C22H35N. The molecular weight excluding hydrogens is 278 g/mol. The van der Waals surface area contributed by atoms with Crippen LogP contribution in [-0.2, 0) is 6.42 Å². The van der Waals surface area contributed by atoms with Crippen molar-refractivity contribution in [3.05, 3.63) is 35.9 Å². The Morgan fingerprint density at radius 2 is 1.78 bits per heavy atom. The summed E-state index contributed by atoms with van der Waals surface area (Å²) in [4.78, 5) is 2.84. The van der Waals surface area contributed by atoms with E-state index in [1.807, 2.05) is 0 Å². The predicted octanol–water partition coefficient (Wildman–Crippen LogP) is 5.55. The van der Waals surface area contributed by atoms with Crippen LogP contribution in [0.15, 0.2) is 30.3 Å². The summed E-state index contributed by atoms with van der Waals surface area (Å²) in [5.41, 5.74) is 2.02. The minimum atomic E-state index is 0.462. The van der Waals surface area contributed by atoms with Gasteiger partial charge in [-0.25, -0.2) is 0 Å². The lowest BCUT2D eigenvalue weighted by molar-refractivity contribution is 0.0370. The van der Waals surface area contributed by atoms with Gasteiger partial charge in [0.1, 0.15) is 0 Å². The van der Waals surface area contributed by atoms with E-state index in [9.17, 15) is 0 Å². The van der Waals surface area contributed by atoms with E-state index in [1.165, 1.54) is 58.0 Å². The average Bonchev–Trinajstić information content (AvgIpc) is 3.12. The Kier molecular flexibility index (Phi) is 5.46. The molecule has 0 amide bonds. The number of hydrogen-bond donors (Lipinski definition) is 0. The standard InChI is InChI=1S/C22H35N/c1-4-15-22(23(5-2)6-3)17-19-13-10-14-20(19)21(22)16-18-11-8-7-9-12-18/h7-9,11-12,19-21H,4-6,10,13-17H2,1-3H3/t19-,20-,21+,22+/m1/s1. The van der Waals surface area contributed by atoms with Crippen LogP contribution in [0.2, 0.25) is 0 Å². The molecule has 0 saturated heterocycles. The minimum Gasteiger partial charge on any atom is -0.298 e. The lowest BCUT2D eigenvalue weighted by Crippen LogP contribution is -2.53. The van der Waals surface area contributed by atoms with Gasteiger partial charge < -0.3 is 0 Å². The molecule has 4 atom stereocenters. The predicted molar refractivity (Wildman–Crippen MR) is 99.6 cm³/mol. The van der Waals surface area contributed by atoms with E-state index in [1.54, 1.807) is 5.56 Å². The van der Waals surface area contributed by atoms with Gasteiger partial charge in [-0.1, -0.05) is 70.4 Å². The summed E-state index contributed by atoms with van der Waals surface area (Å²) in [7, 11) is 0. The maximum atomic E-state index is 2.84. The van der Waals surface area contributed by atoms with Crippen molar-refractivity contribution in [2.75, 3.05) is 13.1 Å². The van der Waals surface area contributed by atoms with E-state index in [-0.39, 0.29) is 0 Å². The fraction of sp³-hybridized carbons (Fsp3) is 0.727. The molecule has 128 valence electrons. The number of benzene rings is 1. The number of nitrogens with zero attached hydrogens (tertiary/aromatic N) is 1. The van der Waals surface area contributed by atoms with Crippen molar-refractivity contribution >= 4 is 0 Å². The molecule has 2 fully saturated rings. The molecule has 0 unspecified atom stereocenters. The number of hydrogen-bond acceptors (Lipinski definition) is 1. The second-order valence-electron chi connectivity index (χ2n) is 7.88. The molecule has 1 nitrogen and oxygen atoms in total. The first kappa shape index (κ1) is 17.0. The highest BCUT2D eigenvalue weighted by Crippen LogP contribution is 2.57. The molecule has 0 N–H and O–H groups in total. The molecule has 0 aromatic heterocycles. The smallest absolute Gasteiger partial charge is 0.0246 e. The van der Waals surface area contributed by atoms with Gasteiger partial charge >= 0.3 is 0 Å². The van der Waals surface area contributed by atoms with Gasteiger partial charge in [-0.2, -0.15) is 0 Å². The largest absolute Gasteiger partial charge is 0.298 e. The van der Waals surface area contributed by atoms with Gasteiger partial charge in [0.05, 0.1) is 0 Å². The first-order valence-electron chi connectivity index (χ1n) is 10.0. The zero-order valence-electron chi connectivity index (χ0n) is 15.4. The zero-order valence-corrected chi connectivity index (χ0v) is 15.4. The van der Waals surface area contributed by atoms with E-state index in [4.69, 9.17) is 0 Å². The van der Waals surface area contributed by atoms with Crippen LogP contribution in [0.5, 0.6) is 0 Å². The molecule has 2 aliphatic carbocycles. The Bertz CT molecular complexity index is 478. The van der Waals surface area contributed by atoms with Gasteiger partial charge in [-0.3, -0.25) is 4.90 Å². The Hall–Kier alpha value is -0.820. The average molecular weight is 314 g/mol. The van der Waals surface area contributed by atoms with Crippen molar-refractivity contribution in [2.45, 2.75) is 71.3 Å². The normalized spacial score (nSPS) is 33.3. The third-order valence-electron chi connectivity index (χ3n) is 6.92. The van der Waals surface area contributed by atoms with Crippen LogP contribution in [0.1, 0.15) is 64.9 Å². The number of fused-ring (bicyclic) bond motifs is 1. The van der Waals surface area contributed by atoms with E-state index >= 15 is 0 Å². The van der Waals surface area contributed by atoms with Crippen LogP contribution in [0.4, 0.5) is 0 Å². The highest BCUT2D eigenvalue weighted by molar-refractivity contribution is 5.19. The summed E-state index contributed by atoms with van der Waals surface area (Å²) in [6, 6.07) is 11.3. The molecule has 0 spiro atoms. The van der Waals surface area contributed by atoms with E-state index in [0.29, 0.717) is 5.54 Å². The third-order valence-corrected chi connectivity index (χ3v) is 6.92.